The van der Waals surface area contributed by atoms with Gasteiger partial charge in [-0.05, 0) is 43.7 Å². The lowest BCUT2D eigenvalue weighted by Gasteiger charge is -2.09. The minimum atomic E-state index is -1.08. The van der Waals surface area contributed by atoms with Gasteiger partial charge in [0.15, 0.2) is 0 Å². The highest BCUT2D eigenvalue weighted by molar-refractivity contribution is 7.85. The van der Waals surface area contributed by atoms with E-state index in [1.807, 2.05) is 38.1 Å². The van der Waals surface area contributed by atoms with Gasteiger partial charge in [-0.3, -0.25) is 4.21 Å². The molecule has 0 amide bonds. The van der Waals surface area contributed by atoms with Crippen LogP contribution in [0.15, 0.2) is 47.4 Å². The van der Waals surface area contributed by atoms with Crippen molar-refractivity contribution in [2.45, 2.75) is 25.2 Å². The summed E-state index contributed by atoms with van der Waals surface area (Å²) in [5.74, 6) is 2.01. The van der Waals surface area contributed by atoms with E-state index in [4.69, 9.17) is 16.3 Å². The first-order valence-corrected chi connectivity index (χ1v) is 8.22. The molecule has 1 unspecified atom stereocenters. The normalized spacial score (nSPS) is 12.2. The van der Waals surface area contributed by atoms with Crippen molar-refractivity contribution >= 4 is 22.4 Å². The number of ether oxygens (including phenoxy) is 1. The molecule has 0 saturated heterocycles. The van der Waals surface area contributed by atoms with Gasteiger partial charge in [0.2, 0.25) is 0 Å². The predicted octanol–water partition coefficient (Wildman–Crippen LogP) is 4.96. The standard InChI is InChI=1S/C16H17ClO2S/c1-3-10-20(18)16-11-14(8-9-15(16)17)19-13-6-4-12(2)5-7-13/h4-9,11H,3,10H2,1-2H3. The predicted molar refractivity (Wildman–Crippen MR) is 84.3 cm³/mol. The Kier molecular flexibility index (Phi) is 5.21. The van der Waals surface area contributed by atoms with E-state index in [1.54, 1.807) is 18.2 Å². The number of halogens is 1. The van der Waals surface area contributed by atoms with E-state index in [0.717, 1.165) is 12.2 Å². The van der Waals surface area contributed by atoms with E-state index in [0.29, 0.717) is 21.4 Å². The lowest BCUT2D eigenvalue weighted by Crippen LogP contribution is -1.98. The molecule has 0 saturated carbocycles. The van der Waals surface area contributed by atoms with E-state index in [1.165, 1.54) is 5.56 Å². The zero-order valence-corrected chi connectivity index (χ0v) is 13.1. The Hall–Kier alpha value is -1.32. The van der Waals surface area contributed by atoms with Crippen molar-refractivity contribution in [3.8, 4) is 11.5 Å². The summed E-state index contributed by atoms with van der Waals surface area (Å²) in [6, 6.07) is 13.1. The van der Waals surface area contributed by atoms with Crippen molar-refractivity contribution in [3.05, 3.63) is 53.1 Å². The molecule has 0 bridgehead atoms. The fraction of sp³-hybridized carbons (Fsp3) is 0.250. The Labute approximate surface area is 127 Å². The molecule has 4 heteroatoms. The van der Waals surface area contributed by atoms with Crippen LogP contribution in [-0.2, 0) is 10.8 Å². The molecule has 0 aliphatic rings. The van der Waals surface area contributed by atoms with E-state index in [2.05, 4.69) is 0 Å². The van der Waals surface area contributed by atoms with Crippen LogP contribution in [0.1, 0.15) is 18.9 Å². The van der Waals surface area contributed by atoms with Crippen LogP contribution in [0.2, 0.25) is 5.02 Å². The lowest BCUT2D eigenvalue weighted by atomic mass is 10.2. The lowest BCUT2D eigenvalue weighted by molar-refractivity contribution is 0.481. The first kappa shape index (κ1) is 15.1. The van der Waals surface area contributed by atoms with Crippen LogP contribution in [0.3, 0.4) is 0 Å². The number of hydrogen-bond donors (Lipinski definition) is 0. The Balaban J connectivity index is 2.22. The molecule has 0 radical (unpaired) electrons. The Morgan fingerprint density at radius 2 is 1.75 bits per heavy atom. The third kappa shape index (κ3) is 3.84. The van der Waals surface area contributed by atoms with Crippen molar-refractivity contribution in [2.24, 2.45) is 0 Å². The monoisotopic (exact) mass is 308 g/mol. The molecule has 2 aromatic carbocycles. The van der Waals surface area contributed by atoms with E-state index in [-0.39, 0.29) is 0 Å². The largest absolute Gasteiger partial charge is 0.457 e. The molecule has 0 spiro atoms. The molecular formula is C16H17ClO2S. The number of aryl methyl sites for hydroxylation is 1. The number of rotatable bonds is 5. The van der Waals surface area contributed by atoms with Gasteiger partial charge in [-0.15, -0.1) is 0 Å². The highest BCUT2D eigenvalue weighted by atomic mass is 35.5. The summed E-state index contributed by atoms with van der Waals surface area (Å²) in [5, 5.41) is 0.521. The first-order chi connectivity index (χ1) is 9.60. The maximum atomic E-state index is 12.1. The molecule has 2 rings (SSSR count). The smallest absolute Gasteiger partial charge is 0.128 e. The van der Waals surface area contributed by atoms with Gasteiger partial charge >= 0.3 is 0 Å². The Morgan fingerprint density at radius 3 is 2.40 bits per heavy atom. The van der Waals surface area contributed by atoms with Crippen molar-refractivity contribution < 1.29 is 8.95 Å². The zero-order chi connectivity index (χ0) is 14.5. The summed E-state index contributed by atoms with van der Waals surface area (Å²) in [7, 11) is -1.08. The quantitative estimate of drug-likeness (QED) is 0.780. The summed E-state index contributed by atoms with van der Waals surface area (Å²) in [4.78, 5) is 0.637. The van der Waals surface area contributed by atoms with E-state index < -0.39 is 10.8 Å². The number of hydrogen-bond acceptors (Lipinski definition) is 2. The molecule has 0 fully saturated rings. The fourth-order valence-electron chi connectivity index (χ4n) is 1.76. The van der Waals surface area contributed by atoms with Gasteiger partial charge in [-0.25, -0.2) is 0 Å². The van der Waals surface area contributed by atoms with Crippen LogP contribution in [0.4, 0.5) is 0 Å². The Morgan fingerprint density at radius 1 is 1.10 bits per heavy atom. The summed E-state index contributed by atoms with van der Waals surface area (Å²) in [5.41, 5.74) is 1.18. The van der Waals surface area contributed by atoms with Crippen LogP contribution in [0, 0.1) is 6.92 Å². The van der Waals surface area contributed by atoms with Gasteiger partial charge in [-0.2, -0.15) is 0 Å². The number of benzene rings is 2. The average Bonchev–Trinajstić information content (AvgIpc) is 2.43. The average molecular weight is 309 g/mol. The minimum Gasteiger partial charge on any atom is -0.457 e. The third-order valence-corrected chi connectivity index (χ3v) is 4.84. The second kappa shape index (κ2) is 6.91. The molecule has 0 heterocycles. The van der Waals surface area contributed by atoms with Gasteiger partial charge in [0.1, 0.15) is 11.5 Å². The first-order valence-electron chi connectivity index (χ1n) is 6.52. The summed E-state index contributed by atoms with van der Waals surface area (Å²) >= 11 is 6.10. The maximum Gasteiger partial charge on any atom is 0.128 e. The van der Waals surface area contributed by atoms with Gasteiger partial charge in [0.05, 0.1) is 20.7 Å². The van der Waals surface area contributed by atoms with Gasteiger partial charge in [0.25, 0.3) is 0 Å². The highest BCUT2D eigenvalue weighted by Crippen LogP contribution is 2.28. The van der Waals surface area contributed by atoms with Gasteiger partial charge in [-0.1, -0.05) is 36.2 Å². The minimum absolute atomic E-state index is 0.521. The SMILES string of the molecule is CCCS(=O)c1cc(Oc2ccc(C)cc2)ccc1Cl. The van der Waals surface area contributed by atoms with Gasteiger partial charge < -0.3 is 4.74 Å². The summed E-state index contributed by atoms with van der Waals surface area (Å²) < 4.78 is 17.9. The molecule has 2 aromatic rings. The van der Waals surface area contributed by atoms with Crippen LogP contribution in [0.5, 0.6) is 11.5 Å². The third-order valence-electron chi connectivity index (χ3n) is 2.79. The molecule has 0 aliphatic heterocycles. The molecule has 2 nitrogen and oxygen atoms in total. The highest BCUT2D eigenvalue weighted by Gasteiger charge is 2.10. The molecule has 0 aliphatic carbocycles. The fourth-order valence-corrected chi connectivity index (χ4v) is 3.26. The molecular weight excluding hydrogens is 292 g/mol. The maximum absolute atomic E-state index is 12.1. The molecule has 20 heavy (non-hydrogen) atoms. The van der Waals surface area contributed by atoms with E-state index >= 15 is 0 Å². The van der Waals surface area contributed by atoms with Crippen LogP contribution < -0.4 is 4.74 Å². The second-order valence-corrected chi connectivity index (χ2v) is 6.50. The van der Waals surface area contributed by atoms with Crippen molar-refractivity contribution in [1.29, 1.82) is 0 Å². The van der Waals surface area contributed by atoms with Crippen LogP contribution in [-0.4, -0.2) is 9.96 Å². The van der Waals surface area contributed by atoms with Crippen molar-refractivity contribution in [2.75, 3.05) is 5.75 Å². The topological polar surface area (TPSA) is 26.3 Å². The summed E-state index contributed by atoms with van der Waals surface area (Å²) in [6.45, 7) is 4.02. The van der Waals surface area contributed by atoms with Gasteiger partial charge in [0, 0.05) is 5.75 Å². The van der Waals surface area contributed by atoms with Crippen molar-refractivity contribution in [1.82, 2.24) is 0 Å². The van der Waals surface area contributed by atoms with Crippen molar-refractivity contribution in [3.63, 3.8) is 0 Å². The van der Waals surface area contributed by atoms with Crippen LogP contribution in [0.25, 0.3) is 0 Å². The molecule has 1 atom stereocenters. The van der Waals surface area contributed by atoms with Crippen LogP contribution >= 0.6 is 11.6 Å². The summed E-state index contributed by atoms with van der Waals surface area (Å²) in [6.07, 6.45) is 0.853. The zero-order valence-electron chi connectivity index (χ0n) is 11.6. The Bertz CT molecular complexity index is 608. The molecule has 106 valence electrons. The molecule has 0 aromatic heterocycles. The van der Waals surface area contributed by atoms with E-state index in [9.17, 15) is 4.21 Å². The second-order valence-electron chi connectivity index (χ2n) is 4.56. The molecule has 0 N–H and O–H groups in total.